The number of benzene rings is 1. The molecule has 0 radical (unpaired) electrons. The number of hydrogen-bond acceptors (Lipinski definition) is 4. The second-order valence-corrected chi connectivity index (χ2v) is 8.38. The number of β-amino-alcohol motifs (C(OH)–C–C–N with tert-alkyl or cyclic N) is 1. The van der Waals surface area contributed by atoms with E-state index in [0.29, 0.717) is 18.0 Å². The number of nitrogens with one attached hydrogen (secondary N) is 2. The van der Waals surface area contributed by atoms with Crippen LogP contribution in [0.4, 0.5) is 0 Å². The van der Waals surface area contributed by atoms with Crippen molar-refractivity contribution in [2.75, 3.05) is 19.6 Å². The predicted molar refractivity (Wildman–Crippen MR) is 112 cm³/mol. The maximum atomic E-state index is 12.5. The van der Waals surface area contributed by atoms with Crippen LogP contribution in [0, 0.1) is 5.92 Å². The smallest absolute Gasteiger partial charge is 0.251 e. The Kier molecular flexibility index (Phi) is 6.11. The molecule has 154 valence electrons. The van der Waals surface area contributed by atoms with Gasteiger partial charge in [0.2, 0.25) is 5.56 Å². The van der Waals surface area contributed by atoms with E-state index >= 15 is 0 Å². The Morgan fingerprint density at radius 1 is 1.24 bits per heavy atom. The Morgan fingerprint density at radius 2 is 2.03 bits per heavy atom. The average Bonchev–Trinajstić information content (AvgIpc) is 2.68. The van der Waals surface area contributed by atoms with Crippen molar-refractivity contribution in [3.05, 3.63) is 69.1 Å². The van der Waals surface area contributed by atoms with Gasteiger partial charge in [0.05, 0.1) is 6.10 Å². The van der Waals surface area contributed by atoms with Gasteiger partial charge in [-0.3, -0.25) is 14.5 Å². The molecule has 1 aromatic heterocycles. The van der Waals surface area contributed by atoms with E-state index in [2.05, 4.69) is 33.4 Å². The molecule has 2 aromatic rings. The maximum Gasteiger partial charge on any atom is 0.251 e. The number of hydrogen-bond donors (Lipinski definition) is 3. The van der Waals surface area contributed by atoms with Crippen LogP contribution in [0.1, 0.15) is 46.4 Å². The minimum atomic E-state index is -0.652. The van der Waals surface area contributed by atoms with E-state index in [9.17, 15) is 14.7 Å². The SMILES string of the molecule is O=C(NC[C@H](O)CN1CCc2ccccc2C1)c1cc(CC2CCC2)[nH]c(=O)c1. The average molecular weight is 396 g/mol. The highest BCUT2D eigenvalue weighted by Gasteiger charge is 2.20. The Labute approximate surface area is 171 Å². The van der Waals surface area contributed by atoms with E-state index in [1.807, 2.05) is 6.07 Å². The summed E-state index contributed by atoms with van der Waals surface area (Å²) in [6.45, 7) is 2.40. The van der Waals surface area contributed by atoms with E-state index in [1.54, 1.807) is 6.07 Å². The molecule has 1 amide bonds. The highest BCUT2D eigenvalue weighted by Crippen LogP contribution is 2.29. The molecule has 6 nitrogen and oxygen atoms in total. The van der Waals surface area contributed by atoms with E-state index in [-0.39, 0.29) is 18.0 Å². The van der Waals surface area contributed by atoms with Gasteiger partial charge in [0.25, 0.3) is 5.91 Å². The van der Waals surface area contributed by atoms with E-state index in [4.69, 9.17) is 0 Å². The van der Waals surface area contributed by atoms with Crippen molar-refractivity contribution in [3.63, 3.8) is 0 Å². The molecule has 0 unspecified atom stereocenters. The number of carbonyl (C=O) groups excluding carboxylic acids is 1. The van der Waals surface area contributed by atoms with Crippen LogP contribution in [0.3, 0.4) is 0 Å². The van der Waals surface area contributed by atoms with Crippen LogP contribution >= 0.6 is 0 Å². The van der Waals surface area contributed by atoms with Crippen LogP contribution in [-0.4, -0.2) is 46.6 Å². The summed E-state index contributed by atoms with van der Waals surface area (Å²) < 4.78 is 0. The number of pyridine rings is 1. The zero-order valence-corrected chi connectivity index (χ0v) is 16.7. The summed E-state index contributed by atoms with van der Waals surface area (Å²) in [7, 11) is 0. The predicted octanol–water partition coefficient (Wildman–Crippen LogP) is 1.87. The van der Waals surface area contributed by atoms with Crippen molar-refractivity contribution in [2.45, 2.75) is 44.8 Å². The van der Waals surface area contributed by atoms with E-state index in [1.165, 1.54) is 36.5 Å². The Bertz CT molecular complexity index is 920. The molecule has 2 heterocycles. The lowest BCUT2D eigenvalue weighted by molar-refractivity contribution is 0.0841. The zero-order chi connectivity index (χ0) is 20.2. The van der Waals surface area contributed by atoms with Gasteiger partial charge in [-0.15, -0.1) is 0 Å². The number of rotatable bonds is 7. The van der Waals surface area contributed by atoms with Crippen molar-refractivity contribution >= 4 is 5.91 Å². The molecule has 1 aromatic carbocycles. The third-order valence-corrected chi connectivity index (χ3v) is 6.07. The summed E-state index contributed by atoms with van der Waals surface area (Å²) >= 11 is 0. The summed E-state index contributed by atoms with van der Waals surface area (Å²) in [6, 6.07) is 11.5. The molecule has 4 rings (SSSR count). The Hall–Kier alpha value is -2.44. The van der Waals surface area contributed by atoms with Gasteiger partial charge in [-0.05, 0) is 36.0 Å². The normalized spacial score (nSPS) is 18.0. The molecular weight excluding hydrogens is 366 g/mol. The third kappa shape index (κ3) is 5.14. The van der Waals surface area contributed by atoms with Gasteiger partial charge in [-0.25, -0.2) is 0 Å². The highest BCUT2D eigenvalue weighted by molar-refractivity contribution is 5.94. The highest BCUT2D eigenvalue weighted by atomic mass is 16.3. The molecule has 1 saturated carbocycles. The lowest BCUT2D eigenvalue weighted by atomic mass is 9.82. The summed E-state index contributed by atoms with van der Waals surface area (Å²) in [5.74, 6) is 0.300. The van der Waals surface area contributed by atoms with Crippen LogP contribution in [-0.2, 0) is 19.4 Å². The number of aliphatic hydroxyl groups is 1. The van der Waals surface area contributed by atoms with Gasteiger partial charge in [0, 0.05) is 43.5 Å². The van der Waals surface area contributed by atoms with E-state index < -0.39 is 6.10 Å². The Morgan fingerprint density at radius 3 is 2.79 bits per heavy atom. The number of aromatic amines is 1. The molecule has 0 bridgehead atoms. The van der Waals surface area contributed by atoms with Crippen LogP contribution in [0.25, 0.3) is 0 Å². The fraction of sp³-hybridized carbons (Fsp3) is 0.478. The van der Waals surface area contributed by atoms with Crippen molar-refractivity contribution in [1.29, 1.82) is 0 Å². The number of fused-ring (bicyclic) bond motifs is 1. The van der Waals surface area contributed by atoms with Crippen LogP contribution in [0.2, 0.25) is 0 Å². The van der Waals surface area contributed by atoms with Crippen molar-refractivity contribution < 1.29 is 9.90 Å². The Balaban J connectivity index is 1.28. The first-order chi connectivity index (χ1) is 14.1. The summed E-state index contributed by atoms with van der Waals surface area (Å²) in [6.07, 6.45) is 4.76. The minimum absolute atomic E-state index is 0.168. The molecule has 1 atom stereocenters. The van der Waals surface area contributed by atoms with Gasteiger partial charge in [0.15, 0.2) is 0 Å². The second-order valence-electron chi connectivity index (χ2n) is 8.38. The molecule has 0 saturated heterocycles. The van der Waals surface area contributed by atoms with Gasteiger partial charge in [0.1, 0.15) is 0 Å². The van der Waals surface area contributed by atoms with Crippen LogP contribution < -0.4 is 10.9 Å². The molecule has 0 spiro atoms. The number of amides is 1. The first-order valence-electron chi connectivity index (χ1n) is 10.6. The first kappa shape index (κ1) is 19.9. The van der Waals surface area contributed by atoms with Crippen molar-refractivity contribution in [2.24, 2.45) is 5.92 Å². The first-order valence-corrected chi connectivity index (χ1v) is 10.6. The van der Waals surface area contributed by atoms with Crippen molar-refractivity contribution in [3.8, 4) is 0 Å². The molecule has 29 heavy (non-hydrogen) atoms. The fourth-order valence-electron chi connectivity index (χ4n) is 4.24. The van der Waals surface area contributed by atoms with Crippen LogP contribution in [0.5, 0.6) is 0 Å². The van der Waals surface area contributed by atoms with Gasteiger partial charge in [-0.2, -0.15) is 0 Å². The largest absolute Gasteiger partial charge is 0.390 e. The molecule has 1 aliphatic heterocycles. The van der Waals surface area contributed by atoms with E-state index in [0.717, 1.165) is 31.6 Å². The number of aliphatic hydroxyl groups excluding tert-OH is 1. The lowest BCUT2D eigenvalue weighted by Gasteiger charge is -2.30. The number of aromatic nitrogens is 1. The van der Waals surface area contributed by atoms with Crippen LogP contribution in [0.15, 0.2) is 41.2 Å². The number of carbonyl (C=O) groups is 1. The van der Waals surface area contributed by atoms with Crippen molar-refractivity contribution in [1.82, 2.24) is 15.2 Å². The second kappa shape index (κ2) is 8.93. The summed E-state index contributed by atoms with van der Waals surface area (Å²) in [4.78, 5) is 29.5. The molecule has 6 heteroatoms. The summed E-state index contributed by atoms with van der Waals surface area (Å²) in [5, 5.41) is 13.2. The van der Waals surface area contributed by atoms with Gasteiger partial charge >= 0.3 is 0 Å². The maximum absolute atomic E-state index is 12.5. The molecule has 1 fully saturated rings. The third-order valence-electron chi connectivity index (χ3n) is 6.07. The molecule has 2 aliphatic rings. The molecule has 1 aliphatic carbocycles. The van der Waals surface area contributed by atoms with Gasteiger partial charge < -0.3 is 15.4 Å². The monoisotopic (exact) mass is 395 g/mol. The quantitative estimate of drug-likeness (QED) is 0.668. The fourth-order valence-corrected chi connectivity index (χ4v) is 4.24. The molecule has 3 N–H and O–H groups in total. The number of H-pyrrole nitrogens is 1. The standard InChI is InChI=1S/C23H29N3O3/c27-21(15-26-9-8-17-6-1-2-7-18(17)14-26)13-24-23(29)19-11-20(25-22(28)12-19)10-16-4-3-5-16/h1-2,6-7,11-12,16,21,27H,3-5,8-10,13-15H2,(H,24,29)(H,25,28)/t21-/m0/s1. The number of nitrogens with zero attached hydrogens (tertiary/aromatic N) is 1. The zero-order valence-electron chi connectivity index (χ0n) is 16.7. The summed E-state index contributed by atoms with van der Waals surface area (Å²) in [5.41, 5.74) is 3.61. The van der Waals surface area contributed by atoms with Gasteiger partial charge in [-0.1, -0.05) is 43.5 Å². The molecular formula is C23H29N3O3. The topological polar surface area (TPSA) is 85.4 Å². The lowest BCUT2D eigenvalue weighted by Crippen LogP contribution is -2.42. The minimum Gasteiger partial charge on any atom is -0.390 e.